The minimum Gasteiger partial charge on any atom is -0.378 e. The second-order valence-electron chi connectivity index (χ2n) is 4.42. The van der Waals surface area contributed by atoms with Crippen molar-refractivity contribution in [3.8, 4) is 0 Å². The van der Waals surface area contributed by atoms with Gasteiger partial charge in [0.1, 0.15) is 5.82 Å². The summed E-state index contributed by atoms with van der Waals surface area (Å²) in [7, 11) is 0. The van der Waals surface area contributed by atoms with Crippen LogP contribution in [0.3, 0.4) is 0 Å². The fourth-order valence-electron chi connectivity index (χ4n) is 2.05. The molecule has 1 aromatic carbocycles. The highest BCUT2D eigenvalue weighted by molar-refractivity contribution is 5.98. The molecule has 86 valence electrons. The molecule has 2 rings (SSSR count). The summed E-state index contributed by atoms with van der Waals surface area (Å²) in [4.78, 5) is 12.0. The molecule has 0 amide bonds. The van der Waals surface area contributed by atoms with E-state index in [1.165, 1.54) is 6.07 Å². The van der Waals surface area contributed by atoms with Gasteiger partial charge in [0.25, 0.3) is 0 Å². The molecule has 1 fully saturated rings. The van der Waals surface area contributed by atoms with Crippen LogP contribution < -0.4 is 0 Å². The Kier molecular flexibility index (Phi) is 3.06. The van der Waals surface area contributed by atoms with Gasteiger partial charge in [0.2, 0.25) is 0 Å². The Morgan fingerprint density at radius 1 is 1.50 bits per heavy atom. The van der Waals surface area contributed by atoms with Gasteiger partial charge in [-0.2, -0.15) is 0 Å². The van der Waals surface area contributed by atoms with Crippen molar-refractivity contribution < 1.29 is 13.9 Å². The molecular formula is C13H15FO2. The summed E-state index contributed by atoms with van der Waals surface area (Å²) in [5.41, 5.74) is 1.10. The summed E-state index contributed by atoms with van der Waals surface area (Å²) in [6.45, 7) is 4.19. The quantitative estimate of drug-likeness (QED) is 0.719. The maximum absolute atomic E-state index is 13.5. The van der Waals surface area contributed by atoms with E-state index in [0.29, 0.717) is 13.0 Å². The number of hydrogen-bond acceptors (Lipinski definition) is 2. The van der Waals surface area contributed by atoms with E-state index in [4.69, 9.17) is 4.74 Å². The lowest BCUT2D eigenvalue weighted by Crippen LogP contribution is -2.16. The van der Waals surface area contributed by atoms with Crippen LogP contribution in [0.15, 0.2) is 18.2 Å². The Morgan fingerprint density at radius 2 is 2.25 bits per heavy atom. The van der Waals surface area contributed by atoms with E-state index in [0.717, 1.165) is 5.56 Å². The number of carbonyl (C=O) groups is 1. The van der Waals surface area contributed by atoms with Crippen LogP contribution in [0, 0.1) is 18.7 Å². The Hall–Kier alpha value is -1.22. The predicted molar refractivity (Wildman–Crippen MR) is 59.0 cm³/mol. The monoisotopic (exact) mass is 222 g/mol. The molecule has 0 saturated carbocycles. The van der Waals surface area contributed by atoms with Crippen molar-refractivity contribution in [2.24, 2.45) is 5.92 Å². The van der Waals surface area contributed by atoms with Gasteiger partial charge in [-0.1, -0.05) is 11.6 Å². The van der Waals surface area contributed by atoms with Gasteiger partial charge in [-0.3, -0.25) is 4.79 Å². The molecule has 1 heterocycles. The first-order valence-electron chi connectivity index (χ1n) is 5.50. The average Bonchev–Trinajstić information content (AvgIpc) is 2.67. The largest absolute Gasteiger partial charge is 0.378 e. The highest BCUT2D eigenvalue weighted by atomic mass is 19.1. The maximum atomic E-state index is 13.5. The van der Waals surface area contributed by atoms with Crippen LogP contribution in [-0.2, 0) is 4.74 Å². The SMILES string of the molecule is Cc1ccc(F)c(C(=O)C2COC(C)C2)c1. The van der Waals surface area contributed by atoms with Gasteiger partial charge in [-0.15, -0.1) is 0 Å². The van der Waals surface area contributed by atoms with E-state index in [1.54, 1.807) is 12.1 Å². The van der Waals surface area contributed by atoms with Gasteiger partial charge < -0.3 is 4.74 Å². The van der Waals surface area contributed by atoms with Crippen molar-refractivity contribution in [1.82, 2.24) is 0 Å². The summed E-state index contributed by atoms with van der Waals surface area (Å²) in [5.74, 6) is -0.757. The summed E-state index contributed by atoms with van der Waals surface area (Å²) in [6.07, 6.45) is 0.786. The number of rotatable bonds is 2. The molecule has 0 aliphatic carbocycles. The van der Waals surface area contributed by atoms with Crippen LogP contribution in [0.25, 0.3) is 0 Å². The van der Waals surface area contributed by atoms with Gasteiger partial charge in [0, 0.05) is 5.92 Å². The van der Waals surface area contributed by atoms with Gasteiger partial charge in [-0.05, 0) is 32.4 Å². The maximum Gasteiger partial charge on any atom is 0.171 e. The van der Waals surface area contributed by atoms with Gasteiger partial charge in [0.05, 0.1) is 18.3 Å². The highest BCUT2D eigenvalue weighted by Gasteiger charge is 2.30. The Balaban J connectivity index is 2.23. The minimum absolute atomic E-state index is 0.0989. The lowest BCUT2D eigenvalue weighted by molar-refractivity contribution is 0.0874. The van der Waals surface area contributed by atoms with Crippen molar-refractivity contribution in [2.45, 2.75) is 26.4 Å². The molecular weight excluding hydrogens is 207 g/mol. The van der Waals surface area contributed by atoms with Crippen molar-refractivity contribution in [3.05, 3.63) is 35.1 Å². The van der Waals surface area contributed by atoms with E-state index in [-0.39, 0.29) is 23.4 Å². The first-order chi connectivity index (χ1) is 7.58. The van der Waals surface area contributed by atoms with E-state index in [9.17, 15) is 9.18 Å². The summed E-state index contributed by atoms with van der Waals surface area (Å²) in [6, 6.07) is 4.63. The highest BCUT2D eigenvalue weighted by Crippen LogP contribution is 2.24. The molecule has 2 atom stereocenters. The summed E-state index contributed by atoms with van der Waals surface area (Å²) < 4.78 is 18.8. The van der Waals surface area contributed by atoms with Crippen molar-refractivity contribution in [1.29, 1.82) is 0 Å². The molecule has 0 spiro atoms. The third-order valence-electron chi connectivity index (χ3n) is 2.96. The Bertz CT molecular complexity index is 414. The van der Waals surface area contributed by atoms with E-state index in [2.05, 4.69) is 0 Å². The second-order valence-corrected chi connectivity index (χ2v) is 4.42. The molecule has 1 aliphatic heterocycles. The zero-order valence-corrected chi connectivity index (χ0v) is 9.50. The third kappa shape index (κ3) is 2.14. The van der Waals surface area contributed by atoms with Gasteiger partial charge in [0.15, 0.2) is 5.78 Å². The molecule has 0 bridgehead atoms. The standard InChI is InChI=1S/C13H15FO2/c1-8-3-4-12(14)11(5-8)13(15)10-6-9(2)16-7-10/h3-5,9-10H,6-7H2,1-2H3. The molecule has 0 aromatic heterocycles. The molecule has 0 radical (unpaired) electrons. The predicted octanol–water partition coefficient (Wildman–Crippen LogP) is 2.74. The fourth-order valence-corrected chi connectivity index (χ4v) is 2.05. The molecule has 1 aliphatic rings. The second kappa shape index (κ2) is 4.34. The Labute approximate surface area is 94.4 Å². The number of Topliss-reactive ketones (excluding diaryl/α,β-unsaturated/α-hetero) is 1. The lowest BCUT2D eigenvalue weighted by atomic mass is 9.94. The third-order valence-corrected chi connectivity index (χ3v) is 2.96. The minimum atomic E-state index is -0.435. The van der Waals surface area contributed by atoms with Crippen molar-refractivity contribution in [2.75, 3.05) is 6.61 Å². The van der Waals surface area contributed by atoms with E-state index in [1.807, 2.05) is 13.8 Å². The zero-order valence-electron chi connectivity index (χ0n) is 9.50. The zero-order chi connectivity index (χ0) is 11.7. The molecule has 16 heavy (non-hydrogen) atoms. The topological polar surface area (TPSA) is 26.3 Å². The lowest BCUT2D eigenvalue weighted by Gasteiger charge is -2.08. The molecule has 2 nitrogen and oxygen atoms in total. The van der Waals surface area contributed by atoms with Gasteiger partial charge in [-0.25, -0.2) is 4.39 Å². The summed E-state index contributed by atoms with van der Waals surface area (Å²) in [5, 5.41) is 0. The van der Waals surface area contributed by atoms with Gasteiger partial charge >= 0.3 is 0 Å². The van der Waals surface area contributed by atoms with Crippen LogP contribution >= 0.6 is 0 Å². The van der Waals surface area contributed by atoms with Crippen LogP contribution in [0.5, 0.6) is 0 Å². The number of ketones is 1. The number of halogens is 1. The van der Waals surface area contributed by atoms with Crippen LogP contribution in [0.1, 0.15) is 29.3 Å². The van der Waals surface area contributed by atoms with Crippen molar-refractivity contribution in [3.63, 3.8) is 0 Å². The number of ether oxygens (including phenoxy) is 1. The van der Waals surface area contributed by atoms with E-state index < -0.39 is 5.82 Å². The summed E-state index contributed by atoms with van der Waals surface area (Å²) >= 11 is 0. The number of benzene rings is 1. The number of carbonyl (C=O) groups excluding carboxylic acids is 1. The van der Waals surface area contributed by atoms with Crippen molar-refractivity contribution >= 4 is 5.78 Å². The average molecular weight is 222 g/mol. The smallest absolute Gasteiger partial charge is 0.171 e. The first kappa shape index (κ1) is 11.3. The fraction of sp³-hybridized carbons (Fsp3) is 0.462. The van der Waals surface area contributed by atoms with E-state index >= 15 is 0 Å². The first-order valence-corrected chi connectivity index (χ1v) is 5.50. The number of aryl methyl sites for hydroxylation is 1. The molecule has 3 heteroatoms. The Morgan fingerprint density at radius 3 is 2.88 bits per heavy atom. The number of hydrogen-bond donors (Lipinski definition) is 0. The molecule has 0 N–H and O–H groups in total. The molecule has 2 unspecified atom stereocenters. The normalized spacial score (nSPS) is 24.7. The van der Waals surface area contributed by atoms with Crippen LogP contribution in [0.2, 0.25) is 0 Å². The molecule has 1 aromatic rings. The van der Waals surface area contributed by atoms with Crippen LogP contribution in [0.4, 0.5) is 4.39 Å². The molecule has 1 saturated heterocycles. The van der Waals surface area contributed by atoms with Crippen LogP contribution in [-0.4, -0.2) is 18.5 Å².